The highest BCUT2D eigenvalue weighted by Crippen LogP contribution is 2.46. The summed E-state index contributed by atoms with van der Waals surface area (Å²) in [6.07, 6.45) is 1.22. The van der Waals surface area contributed by atoms with Crippen LogP contribution >= 0.6 is 0 Å². The number of ketones is 1. The molecule has 0 bridgehead atoms. The maximum Gasteiger partial charge on any atom is 0.163 e. The minimum Gasteiger partial charge on any atom is -0.372 e. The molecule has 0 spiro atoms. The minimum atomic E-state index is -0.499. The Balaban J connectivity index is 1.93. The fraction of sp³-hybridized carbons (Fsp3) is 0.348. The minimum absolute atomic E-state index is 0.0794. The molecular weight excluding hydrogens is 339 g/mol. The van der Waals surface area contributed by atoms with Gasteiger partial charge in [0.2, 0.25) is 0 Å². The quantitative estimate of drug-likeness (QED) is 0.685. The molecule has 27 heavy (non-hydrogen) atoms. The summed E-state index contributed by atoms with van der Waals surface area (Å²) in [7, 11) is 0. The number of hydrogen-bond donors (Lipinski definition) is 2. The smallest absolute Gasteiger partial charge is 0.163 e. The number of hydrogen-bond acceptors (Lipinski definition) is 3. The second-order valence-corrected chi connectivity index (χ2v) is 8.54. The van der Waals surface area contributed by atoms with E-state index in [1.165, 1.54) is 11.6 Å². The number of benzene rings is 2. The molecule has 1 heterocycles. The van der Waals surface area contributed by atoms with Crippen LogP contribution in [0.1, 0.15) is 49.4 Å². The molecule has 1 aliphatic heterocycles. The second-order valence-electron chi connectivity index (χ2n) is 8.54. The van der Waals surface area contributed by atoms with Crippen molar-refractivity contribution in [1.29, 1.82) is 0 Å². The average Bonchev–Trinajstić information content (AvgIpc) is 2.71. The molecule has 4 rings (SSSR count). The molecule has 2 aromatic rings. The van der Waals surface area contributed by atoms with Gasteiger partial charge in [-0.3, -0.25) is 4.79 Å². The van der Waals surface area contributed by atoms with Crippen molar-refractivity contribution in [3.8, 4) is 0 Å². The Labute approximate surface area is 159 Å². The zero-order valence-electron chi connectivity index (χ0n) is 16.2. The number of anilines is 2. The summed E-state index contributed by atoms with van der Waals surface area (Å²) in [5.74, 6) is -0.220. The van der Waals surface area contributed by atoms with Crippen molar-refractivity contribution < 1.29 is 9.18 Å². The van der Waals surface area contributed by atoms with Gasteiger partial charge in [-0.2, -0.15) is 0 Å². The number of carbonyl (C=O) groups is 1. The number of rotatable bonds is 1. The Morgan fingerprint density at radius 1 is 1.04 bits per heavy atom. The molecule has 140 valence electrons. The molecule has 1 atom stereocenters. The molecule has 2 N–H and O–H groups in total. The first-order chi connectivity index (χ1) is 12.7. The summed E-state index contributed by atoms with van der Waals surface area (Å²) >= 11 is 0. The lowest BCUT2D eigenvalue weighted by Crippen LogP contribution is -2.31. The second kappa shape index (κ2) is 6.22. The van der Waals surface area contributed by atoms with E-state index in [1.807, 2.05) is 6.07 Å². The molecule has 0 aromatic heterocycles. The van der Waals surface area contributed by atoms with Crippen molar-refractivity contribution in [2.45, 2.75) is 46.6 Å². The molecular formula is C23H25FN2O. The van der Waals surface area contributed by atoms with Crippen LogP contribution in [0.25, 0.3) is 0 Å². The molecule has 2 aliphatic rings. The summed E-state index contributed by atoms with van der Waals surface area (Å²) in [6.45, 7) is 8.34. The molecule has 0 fully saturated rings. The third-order valence-corrected chi connectivity index (χ3v) is 5.64. The molecule has 2 aromatic carbocycles. The van der Waals surface area contributed by atoms with Gasteiger partial charge in [0.25, 0.3) is 0 Å². The van der Waals surface area contributed by atoms with Crippen LogP contribution in [0.3, 0.4) is 0 Å². The number of carbonyl (C=O) groups excluding carboxylic acids is 1. The van der Waals surface area contributed by atoms with E-state index < -0.39 is 6.04 Å². The van der Waals surface area contributed by atoms with E-state index in [2.05, 4.69) is 50.5 Å². The van der Waals surface area contributed by atoms with E-state index in [0.29, 0.717) is 17.6 Å². The number of fused-ring (bicyclic) bond motifs is 1. The standard InChI is InChI=1S/C23H25FN2O/c1-13-9-17-18(10-14(13)2)26-22(15-7-5-6-8-16(15)24)21-19(25-17)11-23(3,4)12-20(21)27/h5-10,22,25-26H,11-12H2,1-4H3/t22-/m0/s1. The molecule has 0 saturated heterocycles. The van der Waals surface area contributed by atoms with Gasteiger partial charge in [-0.05, 0) is 55.0 Å². The number of nitrogens with one attached hydrogen (secondary N) is 2. The van der Waals surface area contributed by atoms with Gasteiger partial charge in [-0.1, -0.05) is 32.0 Å². The Kier molecular flexibility index (Phi) is 4.10. The molecule has 1 aliphatic carbocycles. The van der Waals surface area contributed by atoms with Gasteiger partial charge in [0.1, 0.15) is 5.82 Å². The Hall–Kier alpha value is -2.62. The zero-order valence-corrected chi connectivity index (χ0v) is 16.2. The normalized spacial score (nSPS) is 20.9. The lowest BCUT2D eigenvalue weighted by molar-refractivity contribution is -0.118. The van der Waals surface area contributed by atoms with Crippen LogP contribution in [0, 0.1) is 25.1 Å². The maximum absolute atomic E-state index is 14.7. The number of halogens is 1. The average molecular weight is 364 g/mol. The van der Waals surface area contributed by atoms with Crippen molar-refractivity contribution in [2.24, 2.45) is 5.41 Å². The zero-order chi connectivity index (χ0) is 19.3. The van der Waals surface area contributed by atoms with Crippen molar-refractivity contribution in [3.63, 3.8) is 0 Å². The van der Waals surface area contributed by atoms with Crippen molar-refractivity contribution in [3.05, 3.63) is 70.2 Å². The topological polar surface area (TPSA) is 41.1 Å². The maximum atomic E-state index is 14.7. The van der Waals surface area contributed by atoms with Crippen molar-refractivity contribution in [1.82, 2.24) is 0 Å². The first-order valence-corrected chi connectivity index (χ1v) is 9.41. The van der Waals surface area contributed by atoms with E-state index in [-0.39, 0.29) is 17.0 Å². The van der Waals surface area contributed by atoms with Crippen molar-refractivity contribution >= 4 is 17.2 Å². The highest BCUT2D eigenvalue weighted by molar-refractivity contribution is 6.01. The van der Waals surface area contributed by atoms with E-state index in [1.54, 1.807) is 12.1 Å². The van der Waals surface area contributed by atoms with Gasteiger partial charge in [-0.15, -0.1) is 0 Å². The van der Waals surface area contributed by atoms with Gasteiger partial charge < -0.3 is 10.6 Å². The third-order valence-electron chi connectivity index (χ3n) is 5.64. The molecule has 0 saturated carbocycles. The molecule has 4 heteroatoms. The van der Waals surface area contributed by atoms with E-state index in [0.717, 1.165) is 29.1 Å². The van der Waals surface area contributed by atoms with Crippen LogP contribution in [0.4, 0.5) is 15.8 Å². The van der Waals surface area contributed by atoms with Gasteiger partial charge in [0.05, 0.1) is 17.4 Å². The lowest BCUT2D eigenvalue weighted by atomic mass is 9.73. The summed E-state index contributed by atoms with van der Waals surface area (Å²) in [5, 5.41) is 6.97. The monoisotopic (exact) mass is 364 g/mol. The van der Waals surface area contributed by atoms with Crippen LogP contribution in [-0.4, -0.2) is 5.78 Å². The van der Waals surface area contributed by atoms with Gasteiger partial charge in [0.15, 0.2) is 5.78 Å². The summed E-state index contributed by atoms with van der Waals surface area (Å²) < 4.78 is 14.7. The fourth-order valence-corrected chi connectivity index (χ4v) is 4.15. The Bertz CT molecular complexity index is 974. The van der Waals surface area contributed by atoms with Crippen LogP contribution in [0.2, 0.25) is 0 Å². The van der Waals surface area contributed by atoms with E-state index >= 15 is 0 Å². The number of aryl methyl sites for hydroxylation is 2. The highest BCUT2D eigenvalue weighted by atomic mass is 19.1. The first-order valence-electron chi connectivity index (χ1n) is 9.41. The summed E-state index contributed by atoms with van der Waals surface area (Å²) in [4.78, 5) is 13.1. The Morgan fingerprint density at radius 3 is 2.41 bits per heavy atom. The number of allylic oxidation sites excluding steroid dienone is 1. The van der Waals surface area contributed by atoms with Crippen molar-refractivity contribution in [2.75, 3.05) is 10.6 Å². The van der Waals surface area contributed by atoms with Gasteiger partial charge in [-0.25, -0.2) is 4.39 Å². The third kappa shape index (κ3) is 3.14. The van der Waals surface area contributed by atoms with Crippen LogP contribution in [-0.2, 0) is 4.79 Å². The van der Waals surface area contributed by atoms with E-state index in [9.17, 15) is 9.18 Å². The highest BCUT2D eigenvalue weighted by Gasteiger charge is 2.39. The molecule has 0 radical (unpaired) electrons. The van der Waals surface area contributed by atoms with Gasteiger partial charge in [0, 0.05) is 23.3 Å². The molecule has 0 unspecified atom stereocenters. The lowest BCUT2D eigenvalue weighted by Gasteiger charge is -2.34. The van der Waals surface area contributed by atoms with Crippen LogP contribution in [0.15, 0.2) is 47.7 Å². The summed E-state index contributed by atoms with van der Waals surface area (Å²) in [6, 6.07) is 10.4. The largest absolute Gasteiger partial charge is 0.372 e. The molecule has 3 nitrogen and oxygen atoms in total. The number of Topliss-reactive ketones (excluding diaryl/α,β-unsaturated/α-hetero) is 1. The predicted molar refractivity (Wildman–Crippen MR) is 107 cm³/mol. The molecule has 0 amide bonds. The van der Waals surface area contributed by atoms with Crippen LogP contribution < -0.4 is 10.6 Å². The Morgan fingerprint density at radius 2 is 1.70 bits per heavy atom. The summed E-state index contributed by atoms with van der Waals surface area (Å²) in [5.41, 5.74) is 6.11. The van der Waals surface area contributed by atoms with Crippen LogP contribution in [0.5, 0.6) is 0 Å². The predicted octanol–water partition coefficient (Wildman–Crippen LogP) is 5.66. The fourth-order valence-electron chi connectivity index (χ4n) is 4.15. The first kappa shape index (κ1) is 17.8. The van der Waals surface area contributed by atoms with Gasteiger partial charge >= 0.3 is 0 Å². The van der Waals surface area contributed by atoms with E-state index in [4.69, 9.17) is 0 Å². The SMILES string of the molecule is Cc1cc2c(cc1C)N[C@@H](c1ccccc1F)C1=C(CC(C)(C)CC1=O)N2.